The highest BCUT2D eigenvalue weighted by molar-refractivity contribution is 6.30. The van der Waals surface area contributed by atoms with Crippen LogP contribution in [0.5, 0.6) is 0 Å². The summed E-state index contributed by atoms with van der Waals surface area (Å²) in [5, 5.41) is 17.9. The van der Waals surface area contributed by atoms with E-state index in [2.05, 4.69) is 45.4 Å². The van der Waals surface area contributed by atoms with E-state index in [9.17, 15) is 0 Å². The Morgan fingerprint density at radius 3 is 2.63 bits per heavy atom. The number of nitriles is 1. The first kappa shape index (κ1) is 16.4. The summed E-state index contributed by atoms with van der Waals surface area (Å²) >= 11 is 6.12. The number of hydrogen-bond donors (Lipinski definition) is 0. The Balaban J connectivity index is 1.60. The van der Waals surface area contributed by atoms with Crippen LogP contribution in [0.4, 0.5) is 0 Å². The van der Waals surface area contributed by atoms with Crippen molar-refractivity contribution in [3.63, 3.8) is 0 Å². The van der Waals surface area contributed by atoms with Crippen LogP contribution in [-0.2, 0) is 12.0 Å². The minimum atomic E-state index is 0.0348. The molecule has 4 nitrogen and oxygen atoms in total. The van der Waals surface area contributed by atoms with E-state index in [0.29, 0.717) is 5.69 Å². The second-order valence-corrected chi connectivity index (χ2v) is 7.77. The van der Waals surface area contributed by atoms with Crippen molar-refractivity contribution < 1.29 is 0 Å². The molecule has 2 aliphatic rings. The molecule has 1 saturated heterocycles. The summed E-state index contributed by atoms with van der Waals surface area (Å²) in [6.45, 7) is 3.11. The Hall–Kier alpha value is -2.74. The van der Waals surface area contributed by atoms with Crippen molar-refractivity contribution in [2.75, 3.05) is 13.1 Å². The first-order chi connectivity index (χ1) is 13.2. The molecule has 0 saturated carbocycles. The highest BCUT2D eigenvalue weighted by Crippen LogP contribution is 2.47. The second-order valence-electron chi connectivity index (χ2n) is 7.34. The van der Waals surface area contributed by atoms with Gasteiger partial charge in [-0.2, -0.15) is 5.26 Å². The molecule has 0 radical (unpaired) electrons. The molecule has 2 aromatic carbocycles. The molecule has 0 N–H and O–H groups in total. The van der Waals surface area contributed by atoms with Gasteiger partial charge < -0.3 is 0 Å². The van der Waals surface area contributed by atoms with Crippen LogP contribution in [0.2, 0.25) is 5.02 Å². The second kappa shape index (κ2) is 6.16. The summed E-state index contributed by atoms with van der Waals surface area (Å²) in [4.78, 5) is 2.52. The molecular weight excluding hydrogens is 356 g/mol. The van der Waals surface area contributed by atoms with Crippen molar-refractivity contribution in [2.24, 2.45) is 0 Å². The van der Waals surface area contributed by atoms with E-state index in [-0.39, 0.29) is 5.41 Å². The van der Waals surface area contributed by atoms with Gasteiger partial charge in [0.1, 0.15) is 6.07 Å². The van der Waals surface area contributed by atoms with Crippen molar-refractivity contribution in [2.45, 2.75) is 18.4 Å². The van der Waals surface area contributed by atoms with Gasteiger partial charge in [0.15, 0.2) is 5.69 Å². The summed E-state index contributed by atoms with van der Waals surface area (Å²) in [5.74, 6) is 0. The maximum Gasteiger partial charge on any atom is 0.163 e. The fraction of sp³-hybridized carbons (Fsp3) is 0.227. The van der Waals surface area contributed by atoms with E-state index in [1.807, 2.05) is 24.3 Å². The monoisotopic (exact) mass is 372 g/mol. The molecule has 132 valence electrons. The number of hydrogen-bond acceptors (Lipinski definition) is 4. The van der Waals surface area contributed by atoms with E-state index in [1.165, 1.54) is 16.7 Å². The molecule has 2 unspecified atom stereocenters. The third kappa shape index (κ3) is 2.63. The zero-order chi connectivity index (χ0) is 18.4. The van der Waals surface area contributed by atoms with Gasteiger partial charge in [-0.3, -0.25) is 4.90 Å². The molecule has 27 heavy (non-hydrogen) atoms. The number of fused-ring (bicyclic) bond motifs is 4. The maximum absolute atomic E-state index is 8.91. The van der Waals surface area contributed by atoms with Gasteiger partial charge in [0.05, 0.1) is 5.69 Å². The molecule has 0 spiro atoms. The number of benzene rings is 2. The van der Waals surface area contributed by atoms with Gasteiger partial charge in [-0.15, -0.1) is 10.2 Å². The van der Waals surface area contributed by atoms with Crippen molar-refractivity contribution in [1.29, 1.82) is 5.26 Å². The number of aromatic nitrogens is 2. The summed E-state index contributed by atoms with van der Waals surface area (Å²) in [6, 6.07) is 20.5. The molecule has 2 aliphatic heterocycles. The first-order valence-corrected chi connectivity index (χ1v) is 9.42. The molecule has 5 rings (SSSR count). The van der Waals surface area contributed by atoms with Gasteiger partial charge in [0.2, 0.25) is 0 Å². The minimum Gasteiger partial charge on any atom is -0.298 e. The van der Waals surface area contributed by atoms with Crippen LogP contribution in [0.15, 0.2) is 54.6 Å². The molecular formula is C22H17ClN4. The van der Waals surface area contributed by atoms with Crippen molar-refractivity contribution >= 4 is 11.6 Å². The Bertz CT molecular complexity index is 1050. The molecule has 2 bridgehead atoms. The Morgan fingerprint density at radius 2 is 1.89 bits per heavy atom. The van der Waals surface area contributed by atoms with Gasteiger partial charge in [-0.25, -0.2) is 0 Å². The Morgan fingerprint density at radius 1 is 1.04 bits per heavy atom. The summed E-state index contributed by atoms with van der Waals surface area (Å²) in [6.07, 6.45) is 1.12. The largest absolute Gasteiger partial charge is 0.298 e. The van der Waals surface area contributed by atoms with E-state index in [4.69, 9.17) is 16.9 Å². The Kier molecular flexibility index (Phi) is 3.75. The van der Waals surface area contributed by atoms with E-state index in [1.54, 1.807) is 6.07 Å². The molecule has 0 amide bonds. The highest BCUT2D eigenvalue weighted by atomic mass is 35.5. The van der Waals surface area contributed by atoms with Crippen LogP contribution in [0.1, 0.15) is 28.8 Å². The topological polar surface area (TPSA) is 52.8 Å². The normalized spacial score (nSPS) is 22.9. The van der Waals surface area contributed by atoms with Crippen LogP contribution in [0.3, 0.4) is 0 Å². The van der Waals surface area contributed by atoms with E-state index >= 15 is 0 Å². The van der Waals surface area contributed by atoms with E-state index in [0.717, 1.165) is 42.3 Å². The Labute approximate surface area is 163 Å². The number of rotatable bonds is 2. The standard InChI is InChI=1S/C22H17ClN4/c23-18-4-2-17(3-5-18)22-9-10-27(14-22)13-16-11-15(1-7-20(16)22)21-8-6-19(12-24)25-26-21/h1-8,11H,9-10,13-14H2. The third-order valence-electron chi connectivity index (χ3n) is 5.83. The predicted molar refractivity (Wildman–Crippen MR) is 104 cm³/mol. The van der Waals surface area contributed by atoms with Crippen LogP contribution in [-0.4, -0.2) is 28.2 Å². The lowest BCUT2D eigenvalue weighted by molar-refractivity contribution is 0.295. The maximum atomic E-state index is 8.91. The lowest BCUT2D eigenvalue weighted by Crippen LogP contribution is -2.37. The molecule has 0 aliphatic carbocycles. The molecule has 2 atom stereocenters. The van der Waals surface area contributed by atoms with Crippen LogP contribution < -0.4 is 0 Å². The lowest BCUT2D eigenvalue weighted by atomic mass is 9.71. The highest BCUT2D eigenvalue weighted by Gasteiger charge is 2.45. The fourth-order valence-electron chi connectivity index (χ4n) is 4.54. The quantitative estimate of drug-likeness (QED) is 0.677. The minimum absolute atomic E-state index is 0.0348. The molecule has 3 aromatic rings. The zero-order valence-electron chi connectivity index (χ0n) is 14.7. The zero-order valence-corrected chi connectivity index (χ0v) is 15.4. The smallest absolute Gasteiger partial charge is 0.163 e. The van der Waals surface area contributed by atoms with Crippen LogP contribution in [0, 0.1) is 11.3 Å². The molecule has 1 aromatic heterocycles. The average molecular weight is 373 g/mol. The lowest BCUT2D eigenvalue weighted by Gasteiger charge is -2.37. The van der Waals surface area contributed by atoms with Gasteiger partial charge in [-0.05, 0) is 60.0 Å². The van der Waals surface area contributed by atoms with Crippen molar-refractivity contribution in [1.82, 2.24) is 15.1 Å². The summed E-state index contributed by atoms with van der Waals surface area (Å²) < 4.78 is 0. The third-order valence-corrected chi connectivity index (χ3v) is 6.09. The summed E-state index contributed by atoms with van der Waals surface area (Å²) in [5.41, 5.74) is 6.29. The molecule has 5 heteroatoms. The fourth-order valence-corrected chi connectivity index (χ4v) is 4.67. The van der Waals surface area contributed by atoms with Gasteiger partial charge in [-0.1, -0.05) is 35.9 Å². The first-order valence-electron chi connectivity index (χ1n) is 9.04. The van der Waals surface area contributed by atoms with Gasteiger partial charge >= 0.3 is 0 Å². The van der Waals surface area contributed by atoms with Gasteiger partial charge in [0, 0.05) is 29.1 Å². The number of nitrogens with zero attached hydrogens (tertiary/aromatic N) is 4. The van der Waals surface area contributed by atoms with Gasteiger partial charge in [0.25, 0.3) is 0 Å². The average Bonchev–Trinajstić information content (AvgIpc) is 3.07. The van der Waals surface area contributed by atoms with Crippen molar-refractivity contribution in [3.8, 4) is 17.3 Å². The molecule has 1 fully saturated rings. The van der Waals surface area contributed by atoms with Crippen LogP contribution in [0.25, 0.3) is 11.3 Å². The van der Waals surface area contributed by atoms with Crippen LogP contribution >= 0.6 is 11.6 Å². The van der Waals surface area contributed by atoms with Crippen molar-refractivity contribution in [3.05, 3.63) is 82.0 Å². The molecule has 3 heterocycles. The number of halogens is 1. The van der Waals surface area contributed by atoms with E-state index < -0.39 is 0 Å². The summed E-state index contributed by atoms with van der Waals surface area (Å²) in [7, 11) is 0. The SMILES string of the molecule is N#Cc1ccc(-c2ccc3c(c2)CN2CCC3(c3ccc(Cl)cc3)C2)nn1. The predicted octanol–water partition coefficient (Wildman–Crippen LogP) is 4.17.